The molecule has 158 valence electrons. The van der Waals surface area contributed by atoms with Gasteiger partial charge in [-0.3, -0.25) is 4.79 Å². The third-order valence-corrected chi connectivity index (χ3v) is 4.50. The first-order chi connectivity index (χ1) is 15.0. The second-order valence-corrected chi connectivity index (χ2v) is 6.82. The van der Waals surface area contributed by atoms with Crippen LogP contribution in [0.25, 0.3) is 0 Å². The van der Waals surface area contributed by atoms with Gasteiger partial charge in [0.15, 0.2) is 0 Å². The average molecular weight is 418 g/mol. The highest BCUT2D eigenvalue weighted by Crippen LogP contribution is 2.12. The van der Waals surface area contributed by atoms with Gasteiger partial charge in [0.1, 0.15) is 12.6 Å². The molecule has 2 amide bonds. The molecule has 3 aromatic rings. The number of carboxylic acid groups (broad SMARTS) is 1. The summed E-state index contributed by atoms with van der Waals surface area (Å²) in [6.45, 7) is 0.0863. The van der Waals surface area contributed by atoms with Gasteiger partial charge in [-0.15, -0.1) is 0 Å². The van der Waals surface area contributed by atoms with Crippen molar-refractivity contribution in [3.8, 4) is 0 Å². The van der Waals surface area contributed by atoms with Gasteiger partial charge in [-0.1, -0.05) is 60.7 Å². The number of rotatable bonds is 8. The van der Waals surface area contributed by atoms with Crippen LogP contribution in [0, 0.1) is 0 Å². The van der Waals surface area contributed by atoms with Crippen LogP contribution >= 0.6 is 0 Å². The molecule has 3 N–H and O–H groups in total. The monoisotopic (exact) mass is 418 g/mol. The highest BCUT2D eigenvalue weighted by Gasteiger charge is 2.22. The molecule has 0 bridgehead atoms. The summed E-state index contributed by atoms with van der Waals surface area (Å²) in [6.07, 6.45) is -0.443. The van der Waals surface area contributed by atoms with Crippen LogP contribution in [0.1, 0.15) is 21.5 Å². The highest BCUT2D eigenvalue weighted by atomic mass is 16.5. The Balaban J connectivity index is 1.66. The van der Waals surface area contributed by atoms with Gasteiger partial charge in [-0.05, 0) is 35.4 Å². The predicted molar refractivity (Wildman–Crippen MR) is 116 cm³/mol. The second-order valence-electron chi connectivity index (χ2n) is 6.82. The lowest BCUT2D eigenvalue weighted by atomic mass is 10.1. The van der Waals surface area contributed by atoms with Crippen molar-refractivity contribution in [2.24, 2.45) is 0 Å². The van der Waals surface area contributed by atoms with Crippen molar-refractivity contribution in [3.63, 3.8) is 0 Å². The topological polar surface area (TPSA) is 105 Å². The van der Waals surface area contributed by atoms with Gasteiger partial charge in [0.2, 0.25) is 5.91 Å². The number of alkyl carbamates (subject to hydrolysis) is 1. The summed E-state index contributed by atoms with van der Waals surface area (Å²) < 4.78 is 5.24. The zero-order valence-electron chi connectivity index (χ0n) is 16.7. The number of carbonyl (C=O) groups excluding carboxylic acids is 2. The Morgan fingerprint density at radius 1 is 0.806 bits per heavy atom. The molecule has 3 aromatic carbocycles. The van der Waals surface area contributed by atoms with E-state index < -0.39 is 24.0 Å². The summed E-state index contributed by atoms with van der Waals surface area (Å²) in [5.74, 6) is -1.49. The number of hydrogen-bond donors (Lipinski definition) is 3. The van der Waals surface area contributed by atoms with Crippen LogP contribution in [0.4, 0.5) is 10.5 Å². The number of ether oxygens (including phenoxy) is 1. The smallest absolute Gasteiger partial charge is 0.408 e. The molecule has 7 nitrogen and oxygen atoms in total. The van der Waals surface area contributed by atoms with Crippen LogP contribution in [0.2, 0.25) is 0 Å². The predicted octanol–water partition coefficient (Wildman–Crippen LogP) is 3.86. The maximum atomic E-state index is 12.8. The summed E-state index contributed by atoms with van der Waals surface area (Å²) in [7, 11) is 0. The lowest BCUT2D eigenvalue weighted by Gasteiger charge is -2.19. The molecule has 0 aliphatic rings. The molecule has 7 heteroatoms. The number of benzene rings is 3. The van der Waals surface area contributed by atoms with Gasteiger partial charge in [0.05, 0.1) is 5.56 Å². The molecule has 0 fully saturated rings. The minimum absolute atomic E-state index is 0.0863. The minimum Gasteiger partial charge on any atom is -0.478 e. The molecular weight excluding hydrogens is 396 g/mol. The van der Waals surface area contributed by atoms with E-state index in [1.807, 2.05) is 60.7 Å². The Bertz CT molecular complexity index is 1020. The van der Waals surface area contributed by atoms with Crippen molar-refractivity contribution in [2.75, 3.05) is 5.32 Å². The van der Waals surface area contributed by atoms with E-state index in [-0.39, 0.29) is 18.6 Å². The van der Waals surface area contributed by atoms with Gasteiger partial charge in [0, 0.05) is 12.1 Å². The zero-order chi connectivity index (χ0) is 22.1. The maximum Gasteiger partial charge on any atom is 0.408 e. The number of carboxylic acids is 1. The average Bonchev–Trinajstić information content (AvgIpc) is 2.79. The summed E-state index contributed by atoms with van der Waals surface area (Å²) in [5, 5.41) is 14.3. The van der Waals surface area contributed by atoms with Gasteiger partial charge < -0.3 is 20.5 Å². The lowest BCUT2D eigenvalue weighted by Crippen LogP contribution is -2.45. The van der Waals surface area contributed by atoms with Crippen LogP contribution in [-0.4, -0.2) is 29.1 Å². The Labute approximate surface area is 179 Å². The standard InChI is InChI=1S/C24H22N2O5/c27-22(25-20-13-11-19(12-14-20)23(28)29)21(15-17-7-3-1-4-8-17)26-24(30)31-16-18-9-5-2-6-10-18/h1-14,21H,15-16H2,(H,25,27)(H,26,30)(H,28,29)/t21-/m0/s1. The second kappa shape index (κ2) is 10.6. The van der Waals surface area contributed by atoms with Crippen molar-refractivity contribution < 1.29 is 24.2 Å². The van der Waals surface area contributed by atoms with E-state index in [4.69, 9.17) is 9.84 Å². The fraction of sp³-hybridized carbons (Fsp3) is 0.125. The highest BCUT2D eigenvalue weighted by molar-refractivity contribution is 5.97. The van der Waals surface area contributed by atoms with E-state index in [1.54, 1.807) is 0 Å². The molecule has 0 saturated heterocycles. The molecule has 31 heavy (non-hydrogen) atoms. The summed E-state index contributed by atoms with van der Waals surface area (Å²) in [4.78, 5) is 36.1. The number of amides is 2. The van der Waals surface area contributed by atoms with Gasteiger partial charge in [-0.2, -0.15) is 0 Å². The van der Waals surface area contributed by atoms with E-state index in [0.29, 0.717) is 5.69 Å². The van der Waals surface area contributed by atoms with Crippen LogP contribution in [0.5, 0.6) is 0 Å². The largest absolute Gasteiger partial charge is 0.478 e. The first-order valence-corrected chi connectivity index (χ1v) is 9.66. The summed E-state index contributed by atoms with van der Waals surface area (Å²) in [5.41, 5.74) is 2.24. The van der Waals surface area contributed by atoms with Crippen LogP contribution in [0.15, 0.2) is 84.9 Å². The molecule has 0 spiro atoms. The Morgan fingerprint density at radius 3 is 1.97 bits per heavy atom. The molecule has 0 saturated carbocycles. The van der Waals surface area contributed by atoms with Gasteiger partial charge in [0.25, 0.3) is 0 Å². The summed E-state index contributed by atoms with van der Waals surface area (Å²) in [6, 6.07) is 23.4. The van der Waals surface area contributed by atoms with Crippen LogP contribution in [0.3, 0.4) is 0 Å². The normalized spacial score (nSPS) is 11.2. The lowest BCUT2D eigenvalue weighted by molar-refractivity contribution is -0.118. The fourth-order valence-corrected chi connectivity index (χ4v) is 2.89. The third kappa shape index (κ3) is 6.71. The van der Waals surface area contributed by atoms with Crippen LogP contribution < -0.4 is 10.6 Å². The molecule has 0 unspecified atom stereocenters. The Morgan fingerprint density at radius 2 is 1.39 bits per heavy atom. The molecule has 3 rings (SSSR count). The Hall–Kier alpha value is -4.13. The van der Waals surface area contributed by atoms with Crippen molar-refractivity contribution in [1.82, 2.24) is 5.32 Å². The summed E-state index contributed by atoms with van der Waals surface area (Å²) >= 11 is 0. The third-order valence-electron chi connectivity index (χ3n) is 4.50. The quantitative estimate of drug-likeness (QED) is 0.515. The number of carbonyl (C=O) groups is 3. The first kappa shape index (κ1) is 21.6. The van der Waals surface area contributed by atoms with Gasteiger partial charge in [-0.25, -0.2) is 9.59 Å². The molecular formula is C24H22N2O5. The zero-order valence-corrected chi connectivity index (χ0v) is 16.7. The number of nitrogens with one attached hydrogen (secondary N) is 2. The first-order valence-electron chi connectivity index (χ1n) is 9.66. The molecule has 0 aromatic heterocycles. The van der Waals surface area contributed by atoms with Gasteiger partial charge >= 0.3 is 12.1 Å². The SMILES string of the molecule is O=C(N[C@@H](Cc1ccccc1)C(=O)Nc1ccc(C(=O)O)cc1)OCc1ccccc1. The van der Waals surface area contributed by atoms with E-state index in [1.165, 1.54) is 24.3 Å². The molecule has 0 radical (unpaired) electrons. The van der Waals surface area contributed by atoms with Crippen molar-refractivity contribution >= 4 is 23.7 Å². The maximum absolute atomic E-state index is 12.8. The number of aromatic carboxylic acids is 1. The molecule has 0 aliphatic carbocycles. The van der Waals surface area contributed by atoms with Crippen molar-refractivity contribution in [2.45, 2.75) is 19.1 Å². The van der Waals surface area contributed by atoms with E-state index in [9.17, 15) is 14.4 Å². The molecule has 1 atom stereocenters. The minimum atomic E-state index is -1.05. The number of anilines is 1. The van der Waals surface area contributed by atoms with E-state index >= 15 is 0 Å². The molecule has 0 heterocycles. The van der Waals surface area contributed by atoms with E-state index in [0.717, 1.165) is 11.1 Å². The van der Waals surface area contributed by atoms with Crippen LogP contribution in [-0.2, 0) is 22.6 Å². The van der Waals surface area contributed by atoms with E-state index in [2.05, 4.69) is 10.6 Å². The van der Waals surface area contributed by atoms with Crippen molar-refractivity contribution in [3.05, 3.63) is 102 Å². The fourth-order valence-electron chi connectivity index (χ4n) is 2.89. The Kier molecular flexibility index (Phi) is 7.37. The molecule has 0 aliphatic heterocycles. The van der Waals surface area contributed by atoms with Crippen molar-refractivity contribution in [1.29, 1.82) is 0 Å². The number of hydrogen-bond acceptors (Lipinski definition) is 4.